The summed E-state index contributed by atoms with van der Waals surface area (Å²) < 4.78 is 10.9. The largest absolute Gasteiger partial charge is 0.497 e. The van der Waals surface area contributed by atoms with Gasteiger partial charge in [-0.25, -0.2) is 24.2 Å². The van der Waals surface area contributed by atoms with Gasteiger partial charge >= 0.3 is 24.1 Å². The summed E-state index contributed by atoms with van der Waals surface area (Å²) in [5.74, 6) is -0.705. The van der Waals surface area contributed by atoms with E-state index in [2.05, 4.69) is 10.3 Å². The van der Waals surface area contributed by atoms with Crippen molar-refractivity contribution in [1.29, 1.82) is 0 Å². The third-order valence-corrected chi connectivity index (χ3v) is 9.00. The molecule has 16 heteroatoms. The molecule has 3 amide bonds. The number of hydrogen-bond acceptors (Lipinski definition) is 9. The molecule has 55 heavy (non-hydrogen) atoms. The van der Waals surface area contributed by atoms with Crippen LogP contribution in [-0.2, 0) is 20.8 Å². The van der Waals surface area contributed by atoms with E-state index in [1.54, 1.807) is 13.2 Å². The number of thiazole rings is 1. The Morgan fingerprint density at radius 3 is 1.84 bits per heavy atom. The number of furan rings is 1. The van der Waals surface area contributed by atoms with Gasteiger partial charge in [0.1, 0.15) is 29.4 Å². The predicted octanol–water partition coefficient (Wildman–Crippen LogP) is 7.60. The molecular weight excluding hydrogens is 733 g/mol. The van der Waals surface area contributed by atoms with Crippen LogP contribution in [0, 0.1) is 11.8 Å². The van der Waals surface area contributed by atoms with Crippen molar-refractivity contribution in [3.05, 3.63) is 77.9 Å². The fourth-order valence-corrected chi connectivity index (χ4v) is 6.25. The summed E-state index contributed by atoms with van der Waals surface area (Å²) in [4.78, 5) is 64.3. The number of aliphatic carboxylic acids is 2. The number of carboxylic acid groups (broad SMARTS) is 4. The second kappa shape index (κ2) is 21.1. The number of rotatable bonds is 18. The predicted molar refractivity (Wildman–Crippen MR) is 206 cm³/mol. The monoisotopic (exact) mass is 780 g/mol. The topological polar surface area (TPSA) is 220 Å². The number of benzene rings is 2. The molecule has 296 valence electrons. The van der Waals surface area contributed by atoms with Crippen LogP contribution in [0.25, 0.3) is 22.6 Å². The Morgan fingerprint density at radius 2 is 1.33 bits per heavy atom. The highest BCUT2D eigenvalue weighted by molar-refractivity contribution is 7.14. The molecule has 0 radical (unpaired) electrons. The Balaban J connectivity index is 0.000000296. The van der Waals surface area contributed by atoms with Gasteiger partial charge in [-0.05, 0) is 61.1 Å². The molecule has 2 heterocycles. The molecule has 4 rings (SSSR count). The lowest BCUT2D eigenvalue weighted by molar-refractivity contribution is -0.144. The Hall–Kier alpha value is -5.90. The minimum absolute atomic E-state index is 0.00324. The Labute approximate surface area is 323 Å². The van der Waals surface area contributed by atoms with Gasteiger partial charge in [-0.3, -0.25) is 14.6 Å². The van der Waals surface area contributed by atoms with Gasteiger partial charge in [0.2, 0.25) is 5.91 Å². The molecule has 0 aliphatic carbocycles. The average molecular weight is 781 g/mol. The zero-order valence-corrected chi connectivity index (χ0v) is 32.2. The van der Waals surface area contributed by atoms with Crippen molar-refractivity contribution in [1.82, 2.24) is 14.8 Å². The van der Waals surface area contributed by atoms with Crippen LogP contribution in [-0.4, -0.2) is 97.5 Å². The molecule has 0 aliphatic rings. The van der Waals surface area contributed by atoms with Gasteiger partial charge in [-0.15, -0.1) is 11.3 Å². The standard InChI is InChI=1S/C20H25NO6.C19H23N3O5S/c1-13(2)12-17(19(22)23)21(20(24)25)11-10-16-8-9-18(27-16)14-4-6-15(26-3)7-5-14;1-12(2)10-15(17(24)25)22(19(26)27)9-8-16(23)21-18-20-14(11-28-18)13-6-4-3-5-7-13/h4-9,13,17H,10-12H2,1-3H3,(H,22,23)(H,24,25);3-7,11-12,15H,8-10H2,1-2H3,(H,24,25)(H,26,27)(H,20,21,23). The number of carboxylic acids is 2. The molecule has 2 aromatic heterocycles. The number of aromatic nitrogens is 1. The van der Waals surface area contributed by atoms with Crippen molar-refractivity contribution in [2.45, 2.75) is 65.5 Å². The van der Waals surface area contributed by atoms with E-state index in [1.807, 2.05) is 93.7 Å². The van der Waals surface area contributed by atoms with E-state index in [9.17, 15) is 44.4 Å². The van der Waals surface area contributed by atoms with Crippen molar-refractivity contribution in [3.63, 3.8) is 0 Å². The number of nitrogens with one attached hydrogen (secondary N) is 1. The minimum Gasteiger partial charge on any atom is -0.497 e. The molecule has 2 aromatic carbocycles. The zero-order valence-electron chi connectivity index (χ0n) is 31.4. The van der Waals surface area contributed by atoms with Crippen molar-refractivity contribution in [2.75, 3.05) is 25.5 Å². The number of hydrogen-bond donors (Lipinski definition) is 5. The van der Waals surface area contributed by atoms with E-state index in [0.29, 0.717) is 23.1 Å². The molecule has 0 spiro atoms. The molecule has 2 unspecified atom stereocenters. The van der Waals surface area contributed by atoms with Gasteiger partial charge in [0.05, 0.1) is 12.8 Å². The maximum Gasteiger partial charge on any atom is 0.408 e. The highest BCUT2D eigenvalue weighted by atomic mass is 32.1. The van der Waals surface area contributed by atoms with Crippen LogP contribution in [0.4, 0.5) is 14.7 Å². The van der Waals surface area contributed by atoms with Crippen LogP contribution in [0.15, 0.2) is 76.5 Å². The number of carbonyl (C=O) groups excluding carboxylic acids is 1. The van der Waals surface area contributed by atoms with Gasteiger partial charge in [0, 0.05) is 42.4 Å². The summed E-state index contributed by atoms with van der Waals surface area (Å²) in [6, 6.07) is 18.2. The Kier molecular flexibility index (Phi) is 16.7. The molecule has 0 saturated carbocycles. The maximum absolute atomic E-state index is 12.2. The van der Waals surface area contributed by atoms with E-state index >= 15 is 0 Å². The SMILES string of the molecule is CC(C)CC(C(=O)O)N(CCC(=O)Nc1nc(-c2ccccc2)cs1)C(=O)O.COc1ccc(-c2ccc(CCN(C(=O)O)C(CC(C)C)C(=O)O)o2)cc1. The molecule has 0 saturated heterocycles. The molecule has 2 atom stereocenters. The molecule has 15 nitrogen and oxygen atoms in total. The molecular formula is C39H48N4O11S. The van der Waals surface area contributed by atoms with Crippen molar-refractivity contribution < 1.29 is 53.6 Å². The summed E-state index contributed by atoms with van der Waals surface area (Å²) >= 11 is 1.27. The molecule has 0 aliphatic heterocycles. The van der Waals surface area contributed by atoms with E-state index in [-0.39, 0.29) is 44.2 Å². The number of carbonyl (C=O) groups is 5. The Bertz CT molecular complexity index is 1860. The van der Waals surface area contributed by atoms with Crippen LogP contribution in [0.2, 0.25) is 0 Å². The lowest BCUT2D eigenvalue weighted by Crippen LogP contribution is -2.46. The smallest absolute Gasteiger partial charge is 0.408 e. The second-order valence-corrected chi connectivity index (χ2v) is 14.2. The second-order valence-electron chi connectivity index (χ2n) is 13.4. The lowest BCUT2D eigenvalue weighted by Gasteiger charge is -2.27. The van der Waals surface area contributed by atoms with Crippen LogP contribution < -0.4 is 10.1 Å². The fourth-order valence-electron chi connectivity index (χ4n) is 5.52. The van der Waals surface area contributed by atoms with E-state index < -0.39 is 42.1 Å². The van der Waals surface area contributed by atoms with Gasteiger partial charge in [-0.1, -0.05) is 58.0 Å². The first-order valence-electron chi connectivity index (χ1n) is 17.6. The first-order valence-corrected chi connectivity index (χ1v) is 18.5. The summed E-state index contributed by atoms with van der Waals surface area (Å²) in [6.45, 7) is 7.20. The number of nitrogens with zero attached hydrogens (tertiary/aromatic N) is 3. The summed E-state index contributed by atoms with van der Waals surface area (Å²) in [6.07, 6.45) is -2.03. The normalized spacial score (nSPS) is 11.9. The molecule has 4 aromatic rings. The highest BCUT2D eigenvalue weighted by Gasteiger charge is 2.31. The lowest BCUT2D eigenvalue weighted by atomic mass is 10.0. The summed E-state index contributed by atoms with van der Waals surface area (Å²) in [5.41, 5.74) is 2.53. The first kappa shape index (κ1) is 43.5. The van der Waals surface area contributed by atoms with Gasteiger partial charge in [-0.2, -0.15) is 0 Å². The van der Waals surface area contributed by atoms with E-state index in [0.717, 1.165) is 32.4 Å². The zero-order chi connectivity index (χ0) is 40.7. The average Bonchev–Trinajstić information content (AvgIpc) is 3.81. The van der Waals surface area contributed by atoms with Gasteiger partial charge in [0.15, 0.2) is 5.13 Å². The third kappa shape index (κ3) is 13.8. The molecule has 5 N–H and O–H groups in total. The maximum atomic E-state index is 12.2. The van der Waals surface area contributed by atoms with E-state index in [4.69, 9.17) is 9.15 Å². The molecule has 0 bridgehead atoms. The minimum atomic E-state index is -1.36. The van der Waals surface area contributed by atoms with Crippen LogP contribution in [0.1, 0.15) is 52.7 Å². The number of ether oxygens (including phenoxy) is 1. The van der Waals surface area contributed by atoms with E-state index in [1.165, 1.54) is 11.3 Å². The fraction of sp³-hybridized carbons (Fsp3) is 0.385. The third-order valence-electron chi connectivity index (χ3n) is 8.24. The number of anilines is 1. The first-order chi connectivity index (χ1) is 26.1. The number of methoxy groups -OCH3 is 1. The van der Waals surface area contributed by atoms with Crippen molar-refractivity contribution >= 4 is 46.5 Å². The van der Waals surface area contributed by atoms with Crippen molar-refractivity contribution in [2.24, 2.45) is 11.8 Å². The van der Waals surface area contributed by atoms with Crippen LogP contribution in [0.3, 0.4) is 0 Å². The molecule has 0 fully saturated rings. The quantitative estimate of drug-likeness (QED) is 0.0659. The van der Waals surface area contributed by atoms with Crippen LogP contribution >= 0.6 is 11.3 Å². The number of amides is 3. The summed E-state index contributed by atoms with van der Waals surface area (Å²) in [5, 5.41) is 42.4. The summed E-state index contributed by atoms with van der Waals surface area (Å²) in [7, 11) is 1.60. The Morgan fingerprint density at radius 1 is 0.764 bits per heavy atom. The van der Waals surface area contributed by atoms with Crippen LogP contribution in [0.5, 0.6) is 5.75 Å². The highest BCUT2D eigenvalue weighted by Crippen LogP contribution is 2.26. The van der Waals surface area contributed by atoms with Gasteiger partial charge in [0.25, 0.3) is 0 Å². The van der Waals surface area contributed by atoms with Crippen molar-refractivity contribution in [3.8, 4) is 28.3 Å². The van der Waals surface area contributed by atoms with Gasteiger partial charge < -0.3 is 34.9 Å².